The number of hydrogen-bond acceptors (Lipinski definition) is 7. The van der Waals surface area contributed by atoms with E-state index in [9.17, 15) is 4.79 Å². The third-order valence-corrected chi connectivity index (χ3v) is 6.14. The van der Waals surface area contributed by atoms with Crippen LogP contribution in [0.4, 0.5) is 0 Å². The molecule has 2 aliphatic heterocycles. The fourth-order valence-electron chi connectivity index (χ4n) is 2.85. The Kier molecular flexibility index (Phi) is 6.02. The van der Waals surface area contributed by atoms with Crippen molar-refractivity contribution in [3.05, 3.63) is 45.7 Å². The highest BCUT2D eigenvalue weighted by Crippen LogP contribution is 2.40. The molecule has 0 N–H and O–H groups in total. The van der Waals surface area contributed by atoms with Gasteiger partial charge in [-0.05, 0) is 12.5 Å². The molecule has 1 aromatic rings. The smallest absolute Gasteiger partial charge is 0.222 e. The molecule has 0 unspecified atom stereocenters. The van der Waals surface area contributed by atoms with Crippen molar-refractivity contribution in [1.29, 1.82) is 0 Å². The summed E-state index contributed by atoms with van der Waals surface area (Å²) < 4.78 is 23.8. The van der Waals surface area contributed by atoms with Crippen LogP contribution in [0.3, 0.4) is 0 Å². The van der Waals surface area contributed by atoms with Gasteiger partial charge >= 0.3 is 0 Å². The average Bonchev–Trinajstić information content (AvgIpc) is 2.64. The van der Waals surface area contributed by atoms with E-state index in [1.807, 2.05) is 42.8 Å². The maximum atomic E-state index is 12.8. The molecule has 0 bridgehead atoms. The second-order valence-electron chi connectivity index (χ2n) is 5.35. The summed E-state index contributed by atoms with van der Waals surface area (Å²) in [6.07, 6.45) is 1.66. The average molecular weight is 368 g/mol. The van der Waals surface area contributed by atoms with Crippen molar-refractivity contribution in [2.45, 2.75) is 24.8 Å². The molecule has 5 nitrogen and oxygen atoms in total. The summed E-state index contributed by atoms with van der Waals surface area (Å²) in [7, 11) is 1.47. The first kappa shape index (κ1) is 18.0. The Hall–Kier alpha value is -0.830. The number of thioether (sulfide) groups is 2. The number of carbonyl (C=O) groups is 1. The molecule has 0 saturated carbocycles. The van der Waals surface area contributed by atoms with Gasteiger partial charge in [0.2, 0.25) is 12.1 Å². The third-order valence-electron chi connectivity index (χ3n) is 3.96. The van der Waals surface area contributed by atoms with Gasteiger partial charge in [-0.25, -0.2) is 0 Å². The quantitative estimate of drug-likeness (QED) is 0.757. The van der Waals surface area contributed by atoms with Crippen LogP contribution in [-0.4, -0.2) is 50.5 Å². The predicted octanol–water partition coefficient (Wildman–Crippen LogP) is 2.98. The van der Waals surface area contributed by atoms with E-state index >= 15 is 0 Å². The van der Waals surface area contributed by atoms with Crippen molar-refractivity contribution >= 4 is 29.3 Å². The molecule has 2 saturated heterocycles. The molecule has 0 aromatic heterocycles. The van der Waals surface area contributed by atoms with Crippen molar-refractivity contribution < 1.29 is 23.7 Å². The largest absolute Gasteiger partial charge is 0.349 e. The van der Waals surface area contributed by atoms with Crippen LogP contribution in [0.1, 0.15) is 11.9 Å². The molecule has 7 heteroatoms. The second-order valence-corrected chi connectivity index (χ2v) is 7.24. The summed E-state index contributed by atoms with van der Waals surface area (Å²) in [5, 5.41) is 0. The summed E-state index contributed by atoms with van der Waals surface area (Å²) in [5.74, 6) is -0.175. The molecule has 2 heterocycles. The van der Waals surface area contributed by atoms with Crippen molar-refractivity contribution in [2.75, 3.05) is 26.2 Å². The zero-order valence-electron chi connectivity index (χ0n) is 13.8. The van der Waals surface area contributed by atoms with Gasteiger partial charge in [-0.1, -0.05) is 30.3 Å². The molecule has 0 spiro atoms. The maximum absolute atomic E-state index is 12.8. The second kappa shape index (κ2) is 8.03. The van der Waals surface area contributed by atoms with Gasteiger partial charge in [0.25, 0.3) is 0 Å². The number of fused-ring (bicyclic) bond motifs is 1. The topological polar surface area (TPSA) is 54.0 Å². The van der Waals surface area contributed by atoms with Crippen molar-refractivity contribution in [3.63, 3.8) is 0 Å². The van der Waals surface area contributed by atoms with Crippen molar-refractivity contribution in [2.24, 2.45) is 0 Å². The molecule has 24 heavy (non-hydrogen) atoms. The first-order chi connectivity index (χ1) is 11.7. The van der Waals surface area contributed by atoms with Crippen LogP contribution in [0.5, 0.6) is 0 Å². The Morgan fingerprint density at radius 3 is 2.50 bits per heavy atom. The standard InChI is InChI=1S/C17H20O5S2/c1-19-16-13(18)12(17(23-2)24-3)14-11(21-16)9-20-15(22-14)10-7-5-4-6-8-10/h4-8,11,14-16H,9H2,1-3H3/t11-,14-,15-,16+/m1/s1. The van der Waals surface area contributed by atoms with E-state index in [4.69, 9.17) is 18.9 Å². The fraction of sp³-hybridized carbons (Fsp3) is 0.471. The van der Waals surface area contributed by atoms with E-state index in [1.165, 1.54) is 30.6 Å². The molecule has 2 aliphatic rings. The predicted molar refractivity (Wildman–Crippen MR) is 94.7 cm³/mol. The zero-order chi connectivity index (χ0) is 17.1. The van der Waals surface area contributed by atoms with E-state index in [2.05, 4.69) is 0 Å². The van der Waals surface area contributed by atoms with Crippen LogP contribution in [0.25, 0.3) is 0 Å². The molecular weight excluding hydrogens is 348 g/mol. The SMILES string of the molecule is CO[C@H]1O[C@@H]2CO[C@@H](c3ccccc3)O[C@H]2C(=C(SC)SC)C1=O. The van der Waals surface area contributed by atoms with Gasteiger partial charge in [0.15, 0.2) is 6.29 Å². The monoisotopic (exact) mass is 368 g/mol. The lowest BCUT2D eigenvalue weighted by Gasteiger charge is -2.42. The Balaban J connectivity index is 1.93. The first-order valence-electron chi connectivity index (χ1n) is 7.56. The molecule has 3 rings (SSSR count). The van der Waals surface area contributed by atoms with Gasteiger partial charge in [-0.2, -0.15) is 0 Å². The minimum Gasteiger partial charge on any atom is -0.349 e. The lowest BCUT2D eigenvalue weighted by Crippen LogP contribution is -2.53. The highest BCUT2D eigenvalue weighted by atomic mass is 32.2. The van der Waals surface area contributed by atoms with E-state index < -0.39 is 18.7 Å². The van der Waals surface area contributed by atoms with Crippen LogP contribution < -0.4 is 0 Å². The van der Waals surface area contributed by atoms with Gasteiger partial charge in [0.1, 0.15) is 12.2 Å². The Labute approximate surface area is 150 Å². The summed E-state index contributed by atoms with van der Waals surface area (Å²) in [6.45, 7) is 0.344. The molecule has 130 valence electrons. The van der Waals surface area contributed by atoms with Crippen LogP contribution in [0.2, 0.25) is 0 Å². The number of ether oxygens (including phenoxy) is 4. The van der Waals surface area contributed by atoms with Gasteiger partial charge in [-0.3, -0.25) is 4.79 Å². The number of ketones is 1. The van der Waals surface area contributed by atoms with Gasteiger partial charge < -0.3 is 18.9 Å². The van der Waals surface area contributed by atoms with Crippen LogP contribution in [0.15, 0.2) is 40.1 Å². The number of rotatable bonds is 4. The summed E-state index contributed by atoms with van der Waals surface area (Å²) in [4.78, 5) is 12.8. The molecule has 1 aromatic carbocycles. The van der Waals surface area contributed by atoms with E-state index in [-0.39, 0.29) is 11.9 Å². The lowest BCUT2D eigenvalue weighted by atomic mass is 9.97. The van der Waals surface area contributed by atoms with Gasteiger partial charge in [-0.15, -0.1) is 23.5 Å². The zero-order valence-corrected chi connectivity index (χ0v) is 15.4. The first-order valence-corrected chi connectivity index (χ1v) is 10.0. The minimum atomic E-state index is -0.906. The Morgan fingerprint density at radius 1 is 1.17 bits per heavy atom. The van der Waals surface area contributed by atoms with E-state index in [1.54, 1.807) is 0 Å². The van der Waals surface area contributed by atoms with Crippen molar-refractivity contribution in [1.82, 2.24) is 0 Å². The molecule has 4 atom stereocenters. The summed E-state index contributed by atoms with van der Waals surface area (Å²) in [5.41, 5.74) is 1.55. The molecular formula is C17H20O5S2. The molecule has 0 radical (unpaired) electrons. The minimum absolute atomic E-state index is 0.175. The summed E-state index contributed by atoms with van der Waals surface area (Å²) in [6, 6.07) is 9.70. The molecule has 0 amide bonds. The number of methoxy groups -OCH3 is 1. The fourth-order valence-corrected chi connectivity index (χ4v) is 4.39. The normalized spacial score (nSPS) is 30.1. The Morgan fingerprint density at radius 2 is 1.88 bits per heavy atom. The number of benzene rings is 1. The lowest BCUT2D eigenvalue weighted by molar-refractivity contribution is -0.288. The van der Waals surface area contributed by atoms with Crippen LogP contribution in [-0.2, 0) is 23.7 Å². The maximum Gasteiger partial charge on any atom is 0.222 e. The molecule has 2 fully saturated rings. The highest BCUT2D eigenvalue weighted by molar-refractivity contribution is 8.21. The third kappa shape index (κ3) is 3.42. The van der Waals surface area contributed by atoms with Crippen molar-refractivity contribution in [3.8, 4) is 0 Å². The van der Waals surface area contributed by atoms with Gasteiger partial charge in [0.05, 0.1) is 12.2 Å². The Bertz CT molecular complexity index is 613. The van der Waals surface area contributed by atoms with Crippen LogP contribution >= 0.6 is 23.5 Å². The number of Topliss-reactive ketones (excluding diaryl/α,β-unsaturated/α-hetero) is 1. The highest BCUT2D eigenvalue weighted by Gasteiger charge is 2.47. The molecule has 0 aliphatic carbocycles. The number of hydrogen-bond donors (Lipinski definition) is 0. The number of carbonyl (C=O) groups excluding carboxylic acids is 1. The van der Waals surface area contributed by atoms with Crippen LogP contribution in [0, 0.1) is 0 Å². The van der Waals surface area contributed by atoms with Gasteiger partial charge in [0, 0.05) is 16.9 Å². The summed E-state index contributed by atoms with van der Waals surface area (Å²) >= 11 is 3.07. The van der Waals surface area contributed by atoms with E-state index in [0.717, 1.165) is 9.80 Å². The van der Waals surface area contributed by atoms with E-state index in [0.29, 0.717) is 12.2 Å².